The molecule has 2 N–H and O–H groups in total. The predicted octanol–water partition coefficient (Wildman–Crippen LogP) is 2.02. The molecular weight excluding hydrogens is 248 g/mol. The molecular formula is C13H20N2O2S. The van der Waals surface area contributed by atoms with Gasteiger partial charge in [0, 0.05) is 24.2 Å². The lowest BCUT2D eigenvalue weighted by molar-refractivity contribution is -0.0351. The van der Waals surface area contributed by atoms with E-state index in [1.54, 1.807) is 0 Å². The minimum absolute atomic E-state index is 0.0221. The number of hydrogen-bond acceptors (Lipinski definition) is 4. The van der Waals surface area contributed by atoms with E-state index in [9.17, 15) is 4.79 Å². The Bertz CT molecular complexity index is 448. The van der Waals surface area contributed by atoms with Crippen molar-refractivity contribution >= 4 is 11.3 Å². The summed E-state index contributed by atoms with van der Waals surface area (Å²) < 4.78 is 6.22. The molecule has 1 aromatic heterocycles. The molecule has 4 nitrogen and oxygen atoms in total. The Labute approximate surface area is 111 Å². The van der Waals surface area contributed by atoms with Gasteiger partial charge in [-0.1, -0.05) is 24.2 Å². The van der Waals surface area contributed by atoms with E-state index in [0.29, 0.717) is 6.10 Å². The van der Waals surface area contributed by atoms with Gasteiger partial charge in [-0.2, -0.15) is 0 Å². The number of rotatable bonds is 4. The Kier molecular flexibility index (Phi) is 3.54. The molecule has 1 aromatic rings. The Morgan fingerprint density at radius 3 is 3.00 bits per heavy atom. The van der Waals surface area contributed by atoms with Crippen molar-refractivity contribution in [2.24, 2.45) is 0 Å². The molecule has 3 rings (SSSR count). The maximum absolute atomic E-state index is 11.0. The van der Waals surface area contributed by atoms with E-state index < -0.39 is 0 Å². The molecule has 0 radical (unpaired) electrons. The fourth-order valence-corrected chi connectivity index (χ4v) is 3.78. The zero-order valence-electron chi connectivity index (χ0n) is 10.5. The van der Waals surface area contributed by atoms with Crippen LogP contribution >= 0.6 is 11.3 Å². The molecule has 100 valence electrons. The number of ether oxygens (including phenoxy) is 1. The van der Waals surface area contributed by atoms with Gasteiger partial charge in [0.25, 0.3) is 0 Å². The maximum atomic E-state index is 11.0. The normalized spacial score (nSPS) is 26.1. The van der Waals surface area contributed by atoms with Gasteiger partial charge < -0.3 is 15.0 Å². The van der Waals surface area contributed by atoms with Crippen LogP contribution in [0.25, 0.3) is 0 Å². The number of hydrogen-bond donors (Lipinski definition) is 2. The highest BCUT2D eigenvalue weighted by molar-refractivity contribution is 7.07. The number of H-pyrrole nitrogens is 1. The summed E-state index contributed by atoms with van der Waals surface area (Å²) in [5, 5.41) is 5.25. The third-order valence-electron chi connectivity index (χ3n) is 4.11. The monoisotopic (exact) mass is 268 g/mol. The SMILES string of the molecule is O=c1[nH]c(CNCC2CCC3(CCCC3)O2)cs1. The van der Waals surface area contributed by atoms with Crippen LogP contribution in [0, 0.1) is 0 Å². The largest absolute Gasteiger partial charge is 0.370 e. The highest BCUT2D eigenvalue weighted by Crippen LogP contribution is 2.43. The van der Waals surface area contributed by atoms with Crippen molar-refractivity contribution in [1.82, 2.24) is 10.3 Å². The zero-order valence-corrected chi connectivity index (χ0v) is 11.4. The number of thiazole rings is 1. The average Bonchev–Trinajstić information content (AvgIpc) is 3.05. The minimum Gasteiger partial charge on any atom is -0.370 e. The predicted molar refractivity (Wildman–Crippen MR) is 72.0 cm³/mol. The lowest BCUT2D eigenvalue weighted by Gasteiger charge is -2.23. The number of nitrogens with one attached hydrogen (secondary N) is 2. The van der Waals surface area contributed by atoms with Crippen LogP contribution in [-0.2, 0) is 11.3 Å². The van der Waals surface area contributed by atoms with Crippen molar-refractivity contribution < 1.29 is 4.74 Å². The molecule has 1 saturated heterocycles. The zero-order chi connectivity index (χ0) is 12.4. The Hall–Kier alpha value is -0.650. The van der Waals surface area contributed by atoms with E-state index in [2.05, 4.69) is 10.3 Å². The fraction of sp³-hybridized carbons (Fsp3) is 0.769. The van der Waals surface area contributed by atoms with Gasteiger partial charge in [-0.3, -0.25) is 4.79 Å². The summed E-state index contributed by atoms with van der Waals surface area (Å²) >= 11 is 1.22. The molecule has 0 bridgehead atoms. The third-order valence-corrected chi connectivity index (χ3v) is 4.83. The second-order valence-corrected chi connectivity index (χ2v) is 6.32. The van der Waals surface area contributed by atoms with Crippen molar-refractivity contribution in [1.29, 1.82) is 0 Å². The van der Waals surface area contributed by atoms with Gasteiger partial charge >= 0.3 is 4.87 Å². The molecule has 2 heterocycles. The summed E-state index contributed by atoms with van der Waals surface area (Å²) in [4.78, 5) is 13.8. The van der Waals surface area contributed by atoms with Gasteiger partial charge in [0.15, 0.2) is 0 Å². The van der Waals surface area contributed by atoms with Crippen molar-refractivity contribution in [3.8, 4) is 0 Å². The van der Waals surface area contributed by atoms with Crippen LogP contribution in [0.5, 0.6) is 0 Å². The second-order valence-electron chi connectivity index (χ2n) is 5.47. The minimum atomic E-state index is 0.0221. The second kappa shape index (κ2) is 5.15. The van der Waals surface area contributed by atoms with Crippen LogP contribution in [0.3, 0.4) is 0 Å². The van der Waals surface area contributed by atoms with Crippen molar-refractivity contribution in [2.75, 3.05) is 6.54 Å². The molecule has 1 unspecified atom stereocenters. The molecule has 2 aliphatic rings. The molecule has 1 saturated carbocycles. The topological polar surface area (TPSA) is 54.1 Å². The Balaban J connectivity index is 1.43. The van der Waals surface area contributed by atoms with Crippen LogP contribution in [0.2, 0.25) is 0 Å². The summed E-state index contributed by atoms with van der Waals surface area (Å²) in [5.41, 5.74) is 1.20. The summed E-state index contributed by atoms with van der Waals surface area (Å²) in [5.74, 6) is 0. The first-order chi connectivity index (χ1) is 8.76. The first-order valence-electron chi connectivity index (χ1n) is 6.81. The molecule has 2 fully saturated rings. The van der Waals surface area contributed by atoms with Crippen LogP contribution in [0.15, 0.2) is 10.2 Å². The maximum Gasteiger partial charge on any atom is 0.304 e. The fourth-order valence-electron chi connectivity index (χ4n) is 3.19. The number of aromatic amines is 1. The van der Waals surface area contributed by atoms with Crippen LogP contribution in [0.1, 0.15) is 44.2 Å². The van der Waals surface area contributed by atoms with Crippen LogP contribution in [0.4, 0.5) is 0 Å². The van der Waals surface area contributed by atoms with E-state index in [1.165, 1.54) is 49.9 Å². The molecule has 0 amide bonds. The average molecular weight is 268 g/mol. The van der Waals surface area contributed by atoms with Gasteiger partial charge in [0.2, 0.25) is 0 Å². The first kappa shape index (κ1) is 12.4. The van der Waals surface area contributed by atoms with Crippen molar-refractivity contribution in [3.63, 3.8) is 0 Å². The molecule has 1 aliphatic carbocycles. The summed E-state index contributed by atoms with van der Waals surface area (Å²) in [6, 6.07) is 0. The van der Waals surface area contributed by atoms with Crippen molar-refractivity contribution in [3.05, 3.63) is 20.7 Å². The van der Waals surface area contributed by atoms with E-state index in [1.807, 2.05) is 5.38 Å². The van der Waals surface area contributed by atoms with Crippen LogP contribution < -0.4 is 10.2 Å². The Morgan fingerprint density at radius 2 is 2.28 bits per heavy atom. The lowest BCUT2D eigenvalue weighted by atomic mass is 9.98. The molecule has 1 atom stereocenters. The molecule has 1 aliphatic heterocycles. The molecule has 1 spiro atoms. The van der Waals surface area contributed by atoms with E-state index in [4.69, 9.17) is 4.74 Å². The number of aromatic nitrogens is 1. The smallest absolute Gasteiger partial charge is 0.304 e. The lowest BCUT2D eigenvalue weighted by Crippen LogP contribution is -2.30. The first-order valence-corrected chi connectivity index (χ1v) is 7.69. The molecule has 18 heavy (non-hydrogen) atoms. The summed E-state index contributed by atoms with van der Waals surface area (Å²) in [7, 11) is 0. The van der Waals surface area contributed by atoms with Gasteiger partial charge in [-0.05, 0) is 25.7 Å². The molecule has 5 heteroatoms. The highest BCUT2D eigenvalue weighted by Gasteiger charge is 2.41. The Morgan fingerprint density at radius 1 is 1.44 bits per heavy atom. The highest BCUT2D eigenvalue weighted by atomic mass is 32.1. The quantitative estimate of drug-likeness (QED) is 0.878. The van der Waals surface area contributed by atoms with E-state index in [0.717, 1.165) is 18.8 Å². The summed E-state index contributed by atoms with van der Waals surface area (Å²) in [6.45, 7) is 1.62. The standard InChI is InChI=1S/C13H20N2O2S/c16-12-15-10(9-18-12)7-14-8-11-3-6-13(17-11)4-1-2-5-13/h9,11,14H,1-8H2,(H,15,16). The van der Waals surface area contributed by atoms with E-state index >= 15 is 0 Å². The van der Waals surface area contributed by atoms with Gasteiger partial charge in [0.05, 0.1) is 11.7 Å². The third kappa shape index (κ3) is 2.68. The molecule has 0 aromatic carbocycles. The van der Waals surface area contributed by atoms with Gasteiger partial charge in [0.1, 0.15) is 0 Å². The van der Waals surface area contributed by atoms with Crippen LogP contribution in [-0.4, -0.2) is 23.2 Å². The van der Waals surface area contributed by atoms with E-state index in [-0.39, 0.29) is 10.5 Å². The van der Waals surface area contributed by atoms with Crippen molar-refractivity contribution in [2.45, 2.75) is 56.8 Å². The summed E-state index contributed by atoms with van der Waals surface area (Å²) in [6.07, 6.45) is 7.92. The van der Waals surface area contributed by atoms with Gasteiger partial charge in [-0.15, -0.1) is 0 Å². The van der Waals surface area contributed by atoms with Gasteiger partial charge in [-0.25, -0.2) is 0 Å².